The molecule has 34 heavy (non-hydrogen) atoms. The van der Waals surface area contributed by atoms with E-state index in [1.165, 1.54) is 25.8 Å². The summed E-state index contributed by atoms with van der Waals surface area (Å²) in [6.07, 6.45) is 0. The van der Waals surface area contributed by atoms with Gasteiger partial charge < -0.3 is 4.55 Å². The predicted molar refractivity (Wildman–Crippen MR) is 132 cm³/mol. The van der Waals surface area contributed by atoms with E-state index >= 15 is 0 Å². The number of nitro groups is 1. The molecule has 4 rings (SSSR count). The number of rotatable bonds is 5. The lowest BCUT2D eigenvalue weighted by Crippen LogP contribution is -2.06. The minimum atomic E-state index is -4.61. The molecule has 174 valence electrons. The van der Waals surface area contributed by atoms with E-state index in [-0.39, 0.29) is 10.9 Å². The Hall–Kier alpha value is -3.46. The van der Waals surface area contributed by atoms with E-state index in [4.69, 9.17) is 0 Å². The normalized spacial score (nSPS) is 10.9. The van der Waals surface area contributed by atoms with Crippen molar-refractivity contribution in [1.29, 1.82) is 0 Å². The van der Waals surface area contributed by atoms with E-state index in [0.717, 1.165) is 24.3 Å². The molecule has 0 spiro atoms. The van der Waals surface area contributed by atoms with E-state index in [1.54, 1.807) is 0 Å². The minimum absolute atomic E-state index is 0.0345. The molecule has 0 unspecified atom stereocenters. The van der Waals surface area contributed by atoms with Gasteiger partial charge in [0.25, 0.3) is 5.69 Å². The molecule has 4 aromatic carbocycles. The van der Waals surface area contributed by atoms with E-state index in [9.17, 15) is 23.1 Å². The first kappa shape index (κ1) is 25.2. The van der Waals surface area contributed by atoms with E-state index < -0.39 is 25.6 Å². The molecule has 8 heteroatoms. The largest absolute Gasteiger partial charge is 0.744 e. The van der Waals surface area contributed by atoms with Crippen LogP contribution in [0.5, 0.6) is 0 Å². The van der Waals surface area contributed by atoms with E-state index in [1.807, 2.05) is 0 Å². The lowest BCUT2D eigenvalue weighted by Gasteiger charge is -2.10. The highest BCUT2D eigenvalue weighted by atomic mass is 32.2. The fourth-order valence-electron chi connectivity index (χ4n) is 3.28. The molecule has 0 aliphatic carbocycles. The van der Waals surface area contributed by atoms with Crippen molar-refractivity contribution in [3.63, 3.8) is 0 Å². The van der Waals surface area contributed by atoms with E-state index in [2.05, 4.69) is 92.7 Å². The van der Waals surface area contributed by atoms with Crippen molar-refractivity contribution in [1.82, 2.24) is 0 Å². The number of benzene rings is 4. The van der Waals surface area contributed by atoms with Crippen LogP contribution in [0.2, 0.25) is 0 Å². The lowest BCUT2D eigenvalue weighted by molar-refractivity contribution is -0.385. The maximum atomic E-state index is 10.4. The molecule has 0 saturated carbocycles. The first-order valence-corrected chi connectivity index (χ1v) is 12.9. The zero-order valence-electron chi connectivity index (χ0n) is 18.6. The van der Waals surface area contributed by atoms with Gasteiger partial charge in [-0.1, -0.05) is 60.2 Å². The molecule has 0 saturated heterocycles. The van der Waals surface area contributed by atoms with Gasteiger partial charge in [-0.25, -0.2) is 8.42 Å². The summed E-state index contributed by atoms with van der Waals surface area (Å²) in [6, 6.07) is 32.4. The number of aryl methyl sites for hydroxylation is 2. The summed E-state index contributed by atoms with van der Waals surface area (Å²) in [6.45, 7) is 4.37. The molecule has 0 fully saturated rings. The smallest absolute Gasteiger partial charge is 0.270 e. The molecule has 0 amide bonds. The zero-order chi connectivity index (χ0) is 24.7. The van der Waals surface area contributed by atoms with Crippen LogP contribution >= 0.6 is 0 Å². The standard InChI is InChI=1S/C20H19S.C6H5NO5S/c1-16-13-14-20(17(2)15-16)21(18-9-5-3-6-10-18)19-11-7-4-8-12-19;8-7(9)5-2-1-3-6(4-5)13(10,11)12/h3-15H,1-2H3;1-4H,(H,10,11,12)/q+1;/p-1. The van der Waals surface area contributed by atoms with Crippen molar-refractivity contribution in [2.45, 2.75) is 33.4 Å². The zero-order valence-corrected chi connectivity index (χ0v) is 20.3. The predicted octanol–water partition coefficient (Wildman–Crippen LogP) is 5.90. The molecular weight excluding hydrogens is 470 g/mol. The van der Waals surface area contributed by atoms with Gasteiger partial charge in [-0.2, -0.15) is 0 Å². The Kier molecular flexibility index (Phi) is 8.22. The number of hydrogen-bond donors (Lipinski definition) is 0. The molecule has 0 atom stereocenters. The van der Waals surface area contributed by atoms with Crippen LogP contribution in [-0.2, 0) is 21.0 Å². The minimum Gasteiger partial charge on any atom is -0.744 e. The summed E-state index contributed by atoms with van der Waals surface area (Å²) >= 11 is 0. The Labute approximate surface area is 202 Å². The molecule has 0 radical (unpaired) electrons. The molecular formula is C26H23NO5S2. The van der Waals surface area contributed by atoms with Gasteiger partial charge in [0.2, 0.25) is 0 Å². The summed E-state index contributed by atoms with van der Waals surface area (Å²) in [5.74, 6) is 0. The Balaban J connectivity index is 0.000000215. The highest BCUT2D eigenvalue weighted by Gasteiger charge is 2.29. The van der Waals surface area contributed by atoms with Gasteiger partial charge in [0.1, 0.15) is 10.1 Å². The van der Waals surface area contributed by atoms with Crippen LogP contribution in [0.4, 0.5) is 5.69 Å². The van der Waals surface area contributed by atoms with Crippen LogP contribution in [0, 0.1) is 24.0 Å². The average Bonchev–Trinajstić information content (AvgIpc) is 2.82. The molecule has 0 aliphatic rings. The second-order valence-corrected chi connectivity index (χ2v) is 10.8. The SMILES string of the molecule is Cc1ccc([S+](c2ccccc2)c2ccccc2)c(C)c1.O=[N+]([O-])c1cccc(S(=O)(=O)[O-])c1. The average molecular weight is 494 g/mol. The highest BCUT2D eigenvalue weighted by molar-refractivity contribution is 7.97. The molecule has 0 bridgehead atoms. The van der Waals surface area contributed by atoms with Gasteiger partial charge in [-0.15, -0.1) is 0 Å². The summed E-state index contributed by atoms with van der Waals surface area (Å²) in [5, 5.41) is 10.2. The second-order valence-electron chi connectivity index (χ2n) is 7.41. The van der Waals surface area contributed by atoms with Crippen molar-refractivity contribution in [3.8, 4) is 0 Å². The number of nitrogens with zero attached hydrogens (tertiary/aromatic N) is 1. The van der Waals surface area contributed by atoms with Crippen molar-refractivity contribution in [2.75, 3.05) is 0 Å². The Bertz CT molecular complexity index is 1340. The summed E-state index contributed by atoms with van der Waals surface area (Å²) in [7, 11) is -4.65. The fourth-order valence-corrected chi connectivity index (χ4v) is 6.02. The number of nitro benzene ring substituents is 1. The third-order valence-corrected chi connectivity index (χ3v) is 8.04. The molecule has 6 nitrogen and oxygen atoms in total. The summed E-state index contributed by atoms with van der Waals surface area (Å²) < 4.78 is 31.3. The van der Waals surface area contributed by atoms with Crippen LogP contribution in [0.25, 0.3) is 0 Å². The van der Waals surface area contributed by atoms with Gasteiger partial charge in [0.15, 0.2) is 14.7 Å². The maximum absolute atomic E-state index is 10.4. The summed E-state index contributed by atoms with van der Waals surface area (Å²) in [4.78, 5) is 13.0. The van der Waals surface area contributed by atoms with Gasteiger partial charge >= 0.3 is 0 Å². The topological polar surface area (TPSA) is 100 Å². The maximum Gasteiger partial charge on any atom is 0.270 e. The number of hydrogen-bond acceptors (Lipinski definition) is 5. The fraction of sp³-hybridized carbons (Fsp3) is 0.0769. The van der Waals surface area contributed by atoms with Crippen LogP contribution in [0.3, 0.4) is 0 Å². The van der Waals surface area contributed by atoms with Crippen LogP contribution in [0.15, 0.2) is 123 Å². The highest BCUT2D eigenvalue weighted by Crippen LogP contribution is 2.33. The van der Waals surface area contributed by atoms with Gasteiger partial charge in [-0.05, 0) is 50.2 Å². The number of non-ortho nitro benzene ring substituents is 1. The van der Waals surface area contributed by atoms with Crippen LogP contribution < -0.4 is 0 Å². The van der Waals surface area contributed by atoms with Crippen molar-refractivity contribution in [2.24, 2.45) is 0 Å². The third-order valence-electron chi connectivity index (χ3n) is 4.83. The second kappa shape index (κ2) is 11.1. The molecule has 4 aromatic rings. The monoisotopic (exact) mass is 493 g/mol. The van der Waals surface area contributed by atoms with Crippen molar-refractivity contribution >= 4 is 26.7 Å². The molecule has 0 aromatic heterocycles. The Morgan fingerprint density at radius 1 is 0.735 bits per heavy atom. The molecule has 0 N–H and O–H groups in total. The molecule has 0 aliphatic heterocycles. The Morgan fingerprint density at radius 2 is 1.29 bits per heavy atom. The van der Waals surface area contributed by atoms with Crippen molar-refractivity contribution < 1.29 is 17.9 Å². The van der Waals surface area contributed by atoms with Gasteiger partial charge in [0.05, 0.1) is 20.7 Å². The lowest BCUT2D eigenvalue weighted by atomic mass is 10.2. The first-order chi connectivity index (χ1) is 16.2. The van der Waals surface area contributed by atoms with E-state index in [0.29, 0.717) is 0 Å². The Morgan fingerprint density at radius 3 is 1.76 bits per heavy atom. The first-order valence-electron chi connectivity index (χ1n) is 10.3. The van der Waals surface area contributed by atoms with Crippen molar-refractivity contribution in [3.05, 3.63) is 124 Å². The third kappa shape index (κ3) is 6.54. The van der Waals surface area contributed by atoms with Gasteiger partial charge in [0, 0.05) is 17.7 Å². The summed E-state index contributed by atoms with van der Waals surface area (Å²) in [5.41, 5.74) is 2.27. The molecule has 0 heterocycles. The van der Waals surface area contributed by atoms with Crippen LogP contribution in [0.1, 0.15) is 11.1 Å². The van der Waals surface area contributed by atoms with Crippen LogP contribution in [-0.4, -0.2) is 17.9 Å². The quantitative estimate of drug-likeness (QED) is 0.149. The van der Waals surface area contributed by atoms with Gasteiger partial charge in [-0.3, -0.25) is 10.1 Å².